The molecule has 9 heteroatoms. The van der Waals surface area contributed by atoms with E-state index in [1.165, 1.54) is 4.90 Å². The Morgan fingerprint density at radius 2 is 1.97 bits per heavy atom. The molecular formula is C25H30N4O5. The molecule has 0 radical (unpaired) electrons. The zero-order valence-corrected chi connectivity index (χ0v) is 19.8. The highest BCUT2D eigenvalue weighted by Crippen LogP contribution is 2.53. The molecule has 1 aromatic rings. The summed E-state index contributed by atoms with van der Waals surface area (Å²) in [6.45, 7) is 6.88. The van der Waals surface area contributed by atoms with Crippen molar-refractivity contribution in [3.63, 3.8) is 0 Å². The van der Waals surface area contributed by atoms with Gasteiger partial charge < -0.3 is 14.5 Å². The van der Waals surface area contributed by atoms with Crippen LogP contribution in [0.25, 0.3) is 5.57 Å². The van der Waals surface area contributed by atoms with Crippen molar-refractivity contribution in [2.24, 2.45) is 5.41 Å². The van der Waals surface area contributed by atoms with Crippen molar-refractivity contribution < 1.29 is 23.9 Å². The lowest BCUT2D eigenvalue weighted by atomic mass is 9.61. The first-order valence-corrected chi connectivity index (χ1v) is 11.9. The normalized spacial score (nSPS) is 23.9. The zero-order chi connectivity index (χ0) is 24.3. The third-order valence-corrected chi connectivity index (χ3v) is 7.19. The number of carbonyl (C=O) groups is 4. The number of imide groups is 1. The van der Waals surface area contributed by atoms with E-state index in [0.29, 0.717) is 30.8 Å². The van der Waals surface area contributed by atoms with Crippen LogP contribution in [0.3, 0.4) is 0 Å². The van der Waals surface area contributed by atoms with Gasteiger partial charge in [0, 0.05) is 24.9 Å². The van der Waals surface area contributed by atoms with Gasteiger partial charge in [-0.15, -0.1) is 0 Å². The average Bonchev–Trinajstić information content (AvgIpc) is 3.06. The minimum absolute atomic E-state index is 0.150. The van der Waals surface area contributed by atoms with Gasteiger partial charge in [-0.3, -0.25) is 24.7 Å². The Hall–Kier alpha value is -3.23. The van der Waals surface area contributed by atoms with Crippen molar-refractivity contribution in [2.75, 3.05) is 13.1 Å². The highest BCUT2D eigenvalue weighted by Gasteiger charge is 2.47. The molecular weight excluding hydrogens is 436 g/mol. The molecule has 1 saturated carbocycles. The molecule has 34 heavy (non-hydrogen) atoms. The van der Waals surface area contributed by atoms with Crippen molar-refractivity contribution in [3.8, 4) is 0 Å². The van der Waals surface area contributed by atoms with E-state index in [2.05, 4.69) is 11.4 Å². The Labute approximate surface area is 198 Å². The fourth-order valence-electron chi connectivity index (χ4n) is 5.39. The smallest absolute Gasteiger partial charge is 0.410 e. The molecule has 1 saturated heterocycles. The first kappa shape index (κ1) is 22.6. The van der Waals surface area contributed by atoms with Gasteiger partial charge in [0.2, 0.25) is 11.8 Å². The average molecular weight is 467 g/mol. The van der Waals surface area contributed by atoms with Crippen molar-refractivity contribution in [2.45, 2.75) is 71.1 Å². The molecule has 0 aromatic carbocycles. The van der Waals surface area contributed by atoms with Crippen LogP contribution in [0.5, 0.6) is 0 Å². The summed E-state index contributed by atoms with van der Waals surface area (Å²) in [5.74, 6) is -0.958. The lowest BCUT2D eigenvalue weighted by molar-refractivity contribution is -0.136. The summed E-state index contributed by atoms with van der Waals surface area (Å²) in [6.07, 6.45) is 5.34. The Morgan fingerprint density at radius 3 is 2.62 bits per heavy atom. The lowest BCUT2D eigenvalue weighted by Gasteiger charge is -2.49. The van der Waals surface area contributed by atoms with Crippen LogP contribution >= 0.6 is 0 Å². The molecule has 4 heterocycles. The van der Waals surface area contributed by atoms with E-state index >= 15 is 0 Å². The first-order valence-electron chi connectivity index (χ1n) is 11.9. The predicted octanol–water partition coefficient (Wildman–Crippen LogP) is 2.65. The molecule has 1 aliphatic carbocycles. The first-order chi connectivity index (χ1) is 16.1. The molecule has 9 nitrogen and oxygen atoms in total. The minimum Gasteiger partial charge on any atom is -0.444 e. The number of hydrogen-bond donors (Lipinski definition) is 1. The summed E-state index contributed by atoms with van der Waals surface area (Å²) >= 11 is 0. The van der Waals surface area contributed by atoms with Crippen LogP contribution in [0.2, 0.25) is 0 Å². The van der Waals surface area contributed by atoms with Gasteiger partial charge >= 0.3 is 6.09 Å². The van der Waals surface area contributed by atoms with Crippen LogP contribution in [0.15, 0.2) is 18.2 Å². The van der Waals surface area contributed by atoms with Crippen LogP contribution in [0.1, 0.15) is 74.6 Å². The predicted molar refractivity (Wildman–Crippen MR) is 122 cm³/mol. The molecule has 0 bridgehead atoms. The van der Waals surface area contributed by atoms with Crippen LogP contribution in [0, 0.1) is 5.41 Å². The van der Waals surface area contributed by atoms with Gasteiger partial charge in [0.25, 0.3) is 5.91 Å². The zero-order valence-electron chi connectivity index (χ0n) is 19.8. The topological polar surface area (TPSA) is 109 Å². The quantitative estimate of drug-likeness (QED) is 0.672. The number of carbonyl (C=O) groups excluding carboxylic acids is 4. The highest BCUT2D eigenvalue weighted by atomic mass is 16.6. The van der Waals surface area contributed by atoms with Gasteiger partial charge in [0.1, 0.15) is 11.6 Å². The molecule has 1 atom stereocenters. The Balaban J connectivity index is 1.38. The van der Waals surface area contributed by atoms with Crippen LogP contribution in [-0.2, 0) is 20.9 Å². The van der Waals surface area contributed by atoms with Gasteiger partial charge in [-0.2, -0.15) is 0 Å². The molecule has 1 aromatic heterocycles. The largest absolute Gasteiger partial charge is 0.444 e. The number of hydrogen-bond acceptors (Lipinski definition) is 6. The number of amides is 4. The van der Waals surface area contributed by atoms with Crippen LogP contribution in [-0.4, -0.2) is 63.3 Å². The van der Waals surface area contributed by atoms with Crippen molar-refractivity contribution >= 4 is 29.4 Å². The van der Waals surface area contributed by atoms with E-state index in [1.54, 1.807) is 11.0 Å². The van der Waals surface area contributed by atoms with Crippen molar-refractivity contribution in [1.82, 2.24) is 20.1 Å². The standard InChI is InChI=1S/C25H30N4O5/c1-24(2,3)34-23(33)28-12-9-16(25(14-28)10-4-11-25)17-6-5-15-18(26-17)13-29(22(15)32)19-7-8-20(30)27-21(19)31/h5-6,9,19H,4,7-8,10-14H2,1-3H3,(H,27,30,31). The number of rotatable bonds is 2. The van der Waals surface area contributed by atoms with E-state index in [9.17, 15) is 19.2 Å². The monoisotopic (exact) mass is 466 g/mol. The second-order valence-electron chi connectivity index (χ2n) is 10.7. The Bertz CT molecular complexity index is 1110. The Kier molecular flexibility index (Phi) is 5.26. The molecule has 1 unspecified atom stereocenters. The molecule has 4 amide bonds. The van der Waals surface area contributed by atoms with Gasteiger partial charge in [-0.25, -0.2) is 4.79 Å². The summed E-state index contributed by atoms with van der Waals surface area (Å²) in [4.78, 5) is 57.6. The number of ether oxygens (including phenoxy) is 1. The summed E-state index contributed by atoms with van der Waals surface area (Å²) in [5.41, 5.74) is 2.40. The number of piperidine rings is 1. The third kappa shape index (κ3) is 3.86. The highest BCUT2D eigenvalue weighted by molar-refractivity contribution is 6.05. The lowest BCUT2D eigenvalue weighted by Crippen LogP contribution is -2.52. The van der Waals surface area contributed by atoms with Crippen molar-refractivity contribution in [1.29, 1.82) is 0 Å². The van der Waals surface area contributed by atoms with Gasteiger partial charge in [0.15, 0.2) is 0 Å². The van der Waals surface area contributed by atoms with E-state index in [4.69, 9.17) is 9.72 Å². The van der Waals surface area contributed by atoms with Gasteiger partial charge in [-0.1, -0.05) is 12.5 Å². The number of nitrogens with one attached hydrogen (secondary N) is 1. The summed E-state index contributed by atoms with van der Waals surface area (Å²) in [7, 11) is 0. The molecule has 5 rings (SSSR count). The SMILES string of the molecule is CC(C)(C)OC(=O)N1CC=C(c2ccc3c(n2)CN(C2CCC(=O)NC2=O)C3=O)C2(CCC2)C1. The molecule has 2 fully saturated rings. The van der Waals surface area contributed by atoms with Crippen LogP contribution < -0.4 is 5.32 Å². The maximum absolute atomic E-state index is 13.0. The van der Waals surface area contributed by atoms with E-state index in [-0.39, 0.29) is 36.3 Å². The fraction of sp³-hybridized carbons (Fsp3) is 0.560. The summed E-state index contributed by atoms with van der Waals surface area (Å²) < 4.78 is 5.58. The summed E-state index contributed by atoms with van der Waals surface area (Å²) in [6, 6.07) is 3.01. The molecule has 1 N–H and O–H groups in total. The number of aromatic nitrogens is 1. The Morgan fingerprint density at radius 1 is 1.21 bits per heavy atom. The van der Waals surface area contributed by atoms with Gasteiger partial charge in [0.05, 0.1) is 23.5 Å². The van der Waals surface area contributed by atoms with E-state index in [1.807, 2.05) is 26.8 Å². The molecule has 1 spiro atoms. The van der Waals surface area contributed by atoms with Gasteiger partial charge in [-0.05, 0) is 57.7 Å². The summed E-state index contributed by atoms with van der Waals surface area (Å²) in [5, 5.41) is 2.33. The number of nitrogens with zero attached hydrogens (tertiary/aromatic N) is 3. The van der Waals surface area contributed by atoms with Crippen molar-refractivity contribution in [3.05, 3.63) is 35.2 Å². The molecule has 3 aliphatic heterocycles. The minimum atomic E-state index is -0.655. The maximum atomic E-state index is 13.0. The van der Waals surface area contributed by atoms with E-state index < -0.39 is 17.6 Å². The molecule has 4 aliphatic rings. The van der Waals surface area contributed by atoms with Crippen LogP contribution in [0.4, 0.5) is 4.79 Å². The maximum Gasteiger partial charge on any atom is 0.410 e. The third-order valence-electron chi connectivity index (χ3n) is 7.19. The van der Waals surface area contributed by atoms with E-state index in [0.717, 1.165) is 30.5 Å². The second kappa shape index (κ2) is 7.92. The molecule has 180 valence electrons. The number of fused-ring (bicyclic) bond motifs is 1. The fourth-order valence-corrected chi connectivity index (χ4v) is 5.39. The second-order valence-corrected chi connectivity index (χ2v) is 10.7. The number of pyridine rings is 1.